The molecule has 1 aliphatic rings. The van der Waals surface area contributed by atoms with Crippen molar-refractivity contribution in [3.8, 4) is 0 Å². The third-order valence-electron chi connectivity index (χ3n) is 5.00. The molecule has 3 aromatic heterocycles. The number of pyridine rings is 2. The average Bonchev–Trinajstić information content (AvgIpc) is 3.05. The van der Waals surface area contributed by atoms with E-state index in [-0.39, 0.29) is 18.1 Å². The molecular formula is C21H25N5O3. The van der Waals surface area contributed by atoms with Crippen molar-refractivity contribution < 1.29 is 14.1 Å². The Kier molecular flexibility index (Phi) is 5.19. The van der Waals surface area contributed by atoms with Crippen molar-refractivity contribution in [2.45, 2.75) is 46.4 Å². The maximum atomic E-state index is 12.8. The third kappa shape index (κ3) is 4.07. The van der Waals surface area contributed by atoms with Gasteiger partial charge < -0.3 is 19.5 Å². The highest BCUT2D eigenvalue weighted by atomic mass is 16.5. The van der Waals surface area contributed by atoms with E-state index in [9.17, 15) is 4.79 Å². The van der Waals surface area contributed by atoms with Crippen molar-refractivity contribution in [2.75, 3.05) is 18.0 Å². The first-order chi connectivity index (χ1) is 13.9. The molecule has 8 heteroatoms. The van der Waals surface area contributed by atoms with E-state index in [4.69, 9.17) is 9.26 Å². The zero-order valence-corrected chi connectivity index (χ0v) is 17.1. The summed E-state index contributed by atoms with van der Waals surface area (Å²) in [5.74, 6) is 0.736. The summed E-state index contributed by atoms with van der Waals surface area (Å²) in [5, 5.41) is 7.53. The summed E-state index contributed by atoms with van der Waals surface area (Å²) in [5.41, 5.74) is 3.19. The molecule has 29 heavy (non-hydrogen) atoms. The molecule has 3 aromatic rings. The van der Waals surface area contributed by atoms with Crippen LogP contribution in [0.1, 0.15) is 41.2 Å². The minimum Gasteiger partial charge on any atom is -0.372 e. The summed E-state index contributed by atoms with van der Waals surface area (Å²) in [6, 6.07) is 5.74. The van der Waals surface area contributed by atoms with E-state index in [1.54, 1.807) is 19.2 Å². The molecule has 1 saturated heterocycles. The highest BCUT2D eigenvalue weighted by Crippen LogP contribution is 2.22. The van der Waals surface area contributed by atoms with Crippen LogP contribution in [0.3, 0.4) is 0 Å². The average molecular weight is 395 g/mol. The lowest BCUT2D eigenvalue weighted by Crippen LogP contribution is -2.45. The number of carbonyl (C=O) groups is 1. The summed E-state index contributed by atoms with van der Waals surface area (Å²) >= 11 is 0. The van der Waals surface area contributed by atoms with E-state index in [1.807, 2.05) is 19.1 Å². The van der Waals surface area contributed by atoms with Gasteiger partial charge in [0.1, 0.15) is 5.82 Å². The molecule has 0 saturated carbocycles. The molecule has 0 bridgehead atoms. The molecule has 1 amide bonds. The minimum atomic E-state index is -0.188. The fourth-order valence-electron chi connectivity index (χ4n) is 3.75. The number of hydrogen-bond donors (Lipinski definition) is 1. The van der Waals surface area contributed by atoms with Gasteiger partial charge in [-0.15, -0.1) is 0 Å². The fraction of sp³-hybridized carbons (Fsp3) is 0.429. The molecule has 4 rings (SSSR count). The molecule has 0 radical (unpaired) electrons. The number of nitrogens with zero attached hydrogens (tertiary/aromatic N) is 4. The quantitative estimate of drug-likeness (QED) is 0.726. The predicted molar refractivity (Wildman–Crippen MR) is 109 cm³/mol. The van der Waals surface area contributed by atoms with Crippen LogP contribution in [0.15, 0.2) is 28.9 Å². The number of hydrogen-bond acceptors (Lipinski definition) is 7. The lowest BCUT2D eigenvalue weighted by atomic mass is 10.1. The summed E-state index contributed by atoms with van der Waals surface area (Å²) in [7, 11) is 0. The predicted octanol–water partition coefficient (Wildman–Crippen LogP) is 2.78. The maximum Gasteiger partial charge on any atom is 0.258 e. The molecule has 8 nitrogen and oxygen atoms in total. The van der Waals surface area contributed by atoms with E-state index in [0.29, 0.717) is 34.6 Å². The highest BCUT2D eigenvalue weighted by molar-refractivity contribution is 6.05. The largest absolute Gasteiger partial charge is 0.372 e. The molecule has 0 aliphatic carbocycles. The van der Waals surface area contributed by atoms with Gasteiger partial charge in [0, 0.05) is 31.5 Å². The van der Waals surface area contributed by atoms with Gasteiger partial charge in [0.25, 0.3) is 11.6 Å². The second-order valence-corrected chi connectivity index (χ2v) is 7.63. The number of ether oxygens (including phenoxy) is 1. The van der Waals surface area contributed by atoms with E-state index >= 15 is 0 Å². The van der Waals surface area contributed by atoms with Crippen LogP contribution in [0.2, 0.25) is 0 Å². The molecule has 0 aromatic carbocycles. The number of aryl methyl sites for hydroxylation is 2. The van der Waals surface area contributed by atoms with Gasteiger partial charge in [-0.25, -0.2) is 9.97 Å². The first kappa shape index (κ1) is 19.3. The fourth-order valence-corrected chi connectivity index (χ4v) is 3.75. The van der Waals surface area contributed by atoms with Crippen LogP contribution in [0.5, 0.6) is 0 Å². The van der Waals surface area contributed by atoms with Gasteiger partial charge in [-0.3, -0.25) is 4.79 Å². The number of rotatable bonds is 4. The number of morpholine rings is 1. The van der Waals surface area contributed by atoms with Crippen LogP contribution in [0, 0.1) is 13.8 Å². The van der Waals surface area contributed by atoms with Crippen LogP contribution in [-0.4, -0.2) is 46.3 Å². The Bertz CT molecular complexity index is 1020. The van der Waals surface area contributed by atoms with E-state index in [1.165, 1.54) is 0 Å². The monoisotopic (exact) mass is 395 g/mol. The molecule has 0 spiro atoms. The Morgan fingerprint density at radius 1 is 1.24 bits per heavy atom. The Hall–Kier alpha value is -3.00. The Labute approximate surface area is 169 Å². The Morgan fingerprint density at radius 2 is 2.00 bits per heavy atom. The van der Waals surface area contributed by atoms with E-state index in [2.05, 4.69) is 39.2 Å². The standard InChI is InChI=1S/C21H25N5O3/c1-12-7-17(19-15(4)25-29-21(19)24-12)20(27)23-9-16-5-6-18(22-8-16)26-10-13(2)28-14(3)11-26/h5-8,13-14H,9-11H2,1-4H3,(H,23,27). The van der Waals surface area contributed by atoms with Crippen LogP contribution < -0.4 is 10.2 Å². The first-order valence-electron chi connectivity index (χ1n) is 9.78. The van der Waals surface area contributed by atoms with Crippen molar-refractivity contribution in [2.24, 2.45) is 0 Å². The summed E-state index contributed by atoms with van der Waals surface area (Å²) in [4.78, 5) is 23.9. The number of aromatic nitrogens is 3. The van der Waals surface area contributed by atoms with Crippen molar-refractivity contribution in [1.29, 1.82) is 0 Å². The lowest BCUT2D eigenvalue weighted by molar-refractivity contribution is -0.00546. The van der Waals surface area contributed by atoms with Gasteiger partial charge in [-0.05, 0) is 45.4 Å². The number of anilines is 1. The van der Waals surface area contributed by atoms with Crippen LogP contribution >= 0.6 is 0 Å². The Morgan fingerprint density at radius 3 is 2.69 bits per heavy atom. The zero-order valence-electron chi connectivity index (χ0n) is 17.1. The maximum absolute atomic E-state index is 12.8. The number of carbonyl (C=O) groups excluding carboxylic acids is 1. The number of amides is 1. The van der Waals surface area contributed by atoms with Gasteiger partial charge in [0.05, 0.1) is 28.9 Å². The molecule has 1 N–H and O–H groups in total. The number of fused-ring (bicyclic) bond motifs is 1. The topological polar surface area (TPSA) is 93.4 Å². The molecule has 1 aliphatic heterocycles. The van der Waals surface area contributed by atoms with Crippen LogP contribution in [0.4, 0.5) is 5.82 Å². The summed E-state index contributed by atoms with van der Waals surface area (Å²) in [6.07, 6.45) is 2.17. The van der Waals surface area contributed by atoms with Crippen molar-refractivity contribution >= 4 is 22.8 Å². The van der Waals surface area contributed by atoms with Gasteiger partial charge in [0.15, 0.2) is 0 Å². The first-order valence-corrected chi connectivity index (χ1v) is 9.78. The van der Waals surface area contributed by atoms with E-state index < -0.39 is 0 Å². The molecule has 1 fully saturated rings. The summed E-state index contributed by atoms with van der Waals surface area (Å²) < 4.78 is 11.0. The zero-order chi connectivity index (χ0) is 20.5. The van der Waals surface area contributed by atoms with Crippen molar-refractivity contribution in [3.63, 3.8) is 0 Å². The SMILES string of the molecule is Cc1cc(C(=O)NCc2ccc(N3CC(C)OC(C)C3)nc2)c2c(C)noc2n1. The van der Waals surface area contributed by atoms with Crippen LogP contribution in [0.25, 0.3) is 11.1 Å². The smallest absolute Gasteiger partial charge is 0.258 e. The van der Waals surface area contributed by atoms with E-state index in [0.717, 1.165) is 24.5 Å². The normalized spacial score (nSPS) is 19.5. The molecule has 4 heterocycles. The second kappa shape index (κ2) is 7.79. The lowest BCUT2D eigenvalue weighted by Gasteiger charge is -2.36. The third-order valence-corrected chi connectivity index (χ3v) is 5.00. The summed E-state index contributed by atoms with van der Waals surface area (Å²) in [6.45, 7) is 9.80. The van der Waals surface area contributed by atoms with Crippen molar-refractivity contribution in [3.05, 3.63) is 46.9 Å². The van der Waals surface area contributed by atoms with Gasteiger partial charge in [0.2, 0.25) is 0 Å². The molecule has 2 unspecified atom stereocenters. The molecular weight excluding hydrogens is 370 g/mol. The highest BCUT2D eigenvalue weighted by Gasteiger charge is 2.23. The van der Waals surface area contributed by atoms with Gasteiger partial charge in [-0.1, -0.05) is 11.2 Å². The van der Waals surface area contributed by atoms with Crippen molar-refractivity contribution in [1.82, 2.24) is 20.4 Å². The number of nitrogens with one attached hydrogen (secondary N) is 1. The molecule has 152 valence electrons. The van der Waals surface area contributed by atoms with Gasteiger partial charge in [-0.2, -0.15) is 0 Å². The molecule has 2 atom stereocenters. The van der Waals surface area contributed by atoms with Crippen LogP contribution in [-0.2, 0) is 11.3 Å². The second-order valence-electron chi connectivity index (χ2n) is 7.63. The minimum absolute atomic E-state index is 0.182. The Balaban J connectivity index is 1.44. The van der Waals surface area contributed by atoms with Gasteiger partial charge >= 0.3 is 0 Å².